The maximum atomic E-state index is 5.02. The molecule has 7 aromatic rings. The number of hydrogen-bond donors (Lipinski definition) is 0. The highest BCUT2D eigenvalue weighted by Gasteiger charge is 2.15. The fourth-order valence-corrected chi connectivity index (χ4v) is 4.98. The number of para-hydroxylation sites is 1. The van der Waals surface area contributed by atoms with Gasteiger partial charge < -0.3 is 4.57 Å². The van der Waals surface area contributed by atoms with Crippen LogP contribution in [0.5, 0.6) is 0 Å². The minimum absolute atomic E-state index is 0.951. The molecule has 0 aliphatic heterocycles. The summed E-state index contributed by atoms with van der Waals surface area (Å²) in [6, 6.07) is 42.1. The smallest absolute Gasteiger partial charge is 0.0934 e. The van der Waals surface area contributed by atoms with Crippen molar-refractivity contribution in [1.29, 1.82) is 0 Å². The number of benzene rings is 4. The van der Waals surface area contributed by atoms with E-state index in [9.17, 15) is 0 Å². The van der Waals surface area contributed by atoms with Crippen molar-refractivity contribution in [3.05, 3.63) is 134 Å². The molecule has 3 heterocycles. The lowest BCUT2D eigenvalue weighted by molar-refractivity contribution is 0.891. The molecule has 0 saturated carbocycles. The van der Waals surface area contributed by atoms with Gasteiger partial charge in [-0.2, -0.15) is 5.10 Å². The highest BCUT2D eigenvalue weighted by atomic mass is 15.3. The Balaban J connectivity index is 1.38. The summed E-state index contributed by atoms with van der Waals surface area (Å²) in [4.78, 5) is 4.40. The average Bonchev–Trinajstić information content (AvgIpc) is 3.55. The molecule has 7 rings (SSSR count). The zero-order valence-corrected chi connectivity index (χ0v) is 19.5. The number of hydrogen-bond acceptors (Lipinski definition) is 2. The molecule has 0 bridgehead atoms. The van der Waals surface area contributed by atoms with Crippen molar-refractivity contribution < 1.29 is 0 Å². The van der Waals surface area contributed by atoms with E-state index >= 15 is 0 Å². The maximum absolute atomic E-state index is 5.02. The summed E-state index contributed by atoms with van der Waals surface area (Å²) >= 11 is 0. The number of aromatic nitrogens is 4. The molecule has 36 heavy (non-hydrogen) atoms. The van der Waals surface area contributed by atoms with Crippen LogP contribution in [0, 0.1) is 0 Å². The van der Waals surface area contributed by atoms with Gasteiger partial charge in [-0.05, 0) is 42.5 Å². The summed E-state index contributed by atoms with van der Waals surface area (Å²) in [5, 5.41) is 7.45. The molecule has 4 heteroatoms. The Morgan fingerprint density at radius 3 is 1.94 bits per heavy atom. The first-order valence-electron chi connectivity index (χ1n) is 12.0. The molecule has 0 spiro atoms. The van der Waals surface area contributed by atoms with Gasteiger partial charge >= 0.3 is 0 Å². The average molecular weight is 463 g/mol. The largest absolute Gasteiger partial charge is 0.308 e. The topological polar surface area (TPSA) is 35.6 Å². The third-order valence-corrected chi connectivity index (χ3v) is 6.68. The number of fused-ring (bicyclic) bond motifs is 3. The van der Waals surface area contributed by atoms with Crippen LogP contribution in [0.3, 0.4) is 0 Å². The highest BCUT2D eigenvalue weighted by molar-refractivity contribution is 6.08. The highest BCUT2D eigenvalue weighted by Crippen LogP contribution is 2.33. The SMILES string of the molecule is c1ccc(-c2cc(-c3ccccc3)n(-c3ccc(-n4c5ccccc5c5ccncc54)cc3)n2)cc1. The van der Waals surface area contributed by atoms with E-state index in [-0.39, 0.29) is 0 Å². The lowest BCUT2D eigenvalue weighted by Crippen LogP contribution is -2.00. The van der Waals surface area contributed by atoms with E-state index in [4.69, 9.17) is 5.10 Å². The third kappa shape index (κ3) is 3.31. The monoisotopic (exact) mass is 462 g/mol. The first-order valence-corrected chi connectivity index (χ1v) is 12.0. The van der Waals surface area contributed by atoms with Crippen LogP contribution in [-0.4, -0.2) is 19.3 Å². The van der Waals surface area contributed by atoms with Gasteiger partial charge in [-0.25, -0.2) is 4.68 Å². The van der Waals surface area contributed by atoms with Crippen LogP contribution in [0.1, 0.15) is 0 Å². The molecular formula is C32H22N4. The van der Waals surface area contributed by atoms with E-state index in [0.717, 1.165) is 39.4 Å². The zero-order chi connectivity index (χ0) is 23.9. The first-order chi connectivity index (χ1) is 17.9. The van der Waals surface area contributed by atoms with Gasteiger partial charge in [-0.1, -0.05) is 78.9 Å². The van der Waals surface area contributed by atoms with E-state index < -0.39 is 0 Å². The lowest BCUT2D eigenvalue weighted by Gasteiger charge is -2.11. The Kier molecular flexibility index (Phi) is 4.74. The number of nitrogens with zero attached hydrogens (tertiary/aromatic N) is 4. The van der Waals surface area contributed by atoms with Crippen molar-refractivity contribution in [3.63, 3.8) is 0 Å². The van der Waals surface area contributed by atoms with Gasteiger partial charge in [0.15, 0.2) is 0 Å². The van der Waals surface area contributed by atoms with Crippen LogP contribution < -0.4 is 0 Å². The molecule has 0 fully saturated rings. The Labute approximate surface area is 208 Å². The molecule has 0 radical (unpaired) electrons. The van der Waals surface area contributed by atoms with Gasteiger partial charge in [0.2, 0.25) is 0 Å². The Morgan fingerprint density at radius 1 is 0.528 bits per heavy atom. The summed E-state index contributed by atoms with van der Waals surface area (Å²) in [6.45, 7) is 0. The minimum atomic E-state index is 0.951. The molecule has 0 aliphatic carbocycles. The molecule has 0 saturated heterocycles. The van der Waals surface area contributed by atoms with Crippen molar-refractivity contribution in [1.82, 2.24) is 19.3 Å². The van der Waals surface area contributed by atoms with Crippen LogP contribution in [-0.2, 0) is 0 Å². The Hall–Kier alpha value is -4.96. The van der Waals surface area contributed by atoms with E-state index in [1.54, 1.807) is 0 Å². The maximum Gasteiger partial charge on any atom is 0.0934 e. The Morgan fingerprint density at radius 2 is 1.17 bits per heavy atom. The summed E-state index contributed by atoms with van der Waals surface area (Å²) in [7, 11) is 0. The van der Waals surface area contributed by atoms with Crippen molar-refractivity contribution >= 4 is 21.8 Å². The molecule has 4 aromatic carbocycles. The molecule has 0 atom stereocenters. The second-order valence-electron chi connectivity index (χ2n) is 8.82. The predicted octanol–water partition coefficient (Wildman–Crippen LogP) is 7.70. The van der Waals surface area contributed by atoms with Gasteiger partial charge in [-0.15, -0.1) is 0 Å². The quantitative estimate of drug-likeness (QED) is 0.269. The van der Waals surface area contributed by atoms with Crippen LogP contribution in [0.15, 0.2) is 134 Å². The number of pyridine rings is 1. The fraction of sp³-hybridized carbons (Fsp3) is 0. The van der Waals surface area contributed by atoms with Crippen molar-refractivity contribution in [2.45, 2.75) is 0 Å². The van der Waals surface area contributed by atoms with E-state index in [2.05, 4.69) is 107 Å². The van der Waals surface area contributed by atoms with Crippen molar-refractivity contribution in [2.75, 3.05) is 0 Å². The second kappa shape index (κ2) is 8.36. The molecule has 0 N–H and O–H groups in total. The molecule has 3 aromatic heterocycles. The van der Waals surface area contributed by atoms with Crippen LogP contribution >= 0.6 is 0 Å². The first kappa shape index (κ1) is 20.4. The normalized spacial score (nSPS) is 11.3. The van der Waals surface area contributed by atoms with Gasteiger partial charge in [0.1, 0.15) is 0 Å². The van der Waals surface area contributed by atoms with E-state index in [1.165, 1.54) is 16.3 Å². The van der Waals surface area contributed by atoms with Gasteiger partial charge in [0.05, 0.1) is 34.3 Å². The standard InChI is InChI=1S/C32H22N4/c1-3-9-23(10-4-1)29-21-31(24-11-5-2-6-12-24)36(34-29)26-17-15-25(16-18-26)35-30-14-8-7-13-27(30)28-19-20-33-22-32(28)35/h1-22H. The van der Waals surface area contributed by atoms with Crippen molar-refractivity contribution in [2.24, 2.45) is 0 Å². The lowest BCUT2D eigenvalue weighted by atomic mass is 10.1. The van der Waals surface area contributed by atoms with Gasteiger partial charge in [-0.3, -0.25) is 4.98 Å². The van der Waals surface area contributed by atoms with Crippen LogP contribution in [0.2, 0.25) is 0 Å². The molecule has 0 unspecified atom stereocenters. The zero-order valence-electron chi connectivity index (χ0n) is 19.5. The number of rotatable bonds is 4. The second-order valence-corrected chi connectivity index (χ2v) is 8.82. The summed E-state index contributed by atoms with van der Waals surface area (Å²) in [5.74, 6) is 0. The van der Waals surface area contributed by atoms with Crippen LogP contribution in [0.25, 0.3) is 55.7 Å². The van der Waals surface area contributed by atoms with Crippen molar-refractivity contribution in [3.8, 4) is 33.9 Å². The summed E-state index contributed by atoms with van der Waals surface area (Å²) in [5.41, 5.74) is 8.61. The predicted molar refractivity (Wildman–Crippen MR) is 147 cm³/mol. The molecule has 0 amide bonds. The van der Waals surface area contributed by atoms with Gasteiger partial charge in [0.25, 0.3) is 0 Å². The third-order valence-electron chi connectivity index (χ3n) is 6.68. The molecule has 4 nitrogen and oxygen atoms in total. The fourth-order valence-electron chi connectivity index (χ4n) is 4.98. The van der Waals surface area contributed by atoms with E-state index in [1.807, 2.05) is 41.3 Å². The molecule has 170 valence electrons. The molecule has 0 aliphatic rings. The summed E-state index contributed by atoms with van der Waals surface area (Å²) < 4.78 is 4.31. The summed E-state index contributed by atoms with van der Waals surface area (Å²) in [6.07, 6.45) is 3.80. The minimum Gasteiger partial charge on any atom is -0.308 e. The molecular weight excluding hydrogens is 440 g/mol. The Bertz CT molecular complexity index is 1760. The van der Waals surface area contributed by atoms with Crippen LogP contribution in [0.4, 0.5) is 0 Å². The van der Waals surface area contributed by atoms with Gasteiger partial charge in [0, 0.05) is 33.8 Å². The van der Waals surface area contributed by atoms with E-state index in [0.29, 0.717) is 0 Å².